The Bertz CT molecular complexity index is 173. The maximum atomic E-state index is 5.64. The van der Waals surface area contributed by atoms with Crippen LogP contribution in [0, 0.1) is 5.92 Å². The molecule has 2 heteroatoms. The summed E-state index contributed by atoms with van der Waals surface area (Å²) in [5.41, 5.74) is 0. The van der Waals surface area contributed by atoms with Gasteiger partial charge in [0.2, 0.25) is 0 Å². The van der Waals surface area contributed by atoms with E-state index in [2.05, 4.69) is 6.58 Å². The number of ether oxygens (including phenoxy) is 2. The fraction of sp³-hybridized carbons (Fsp3) is 0.769. The van der Waals surface area contributed by atoms with Gasteiger partial charge in [0.15, 0.2) is 0 Å². The van der Waals surface area contributed by atoms with Gasteiger partial charge in [-0.15, -0.1) is 6.58 Å². The van der Waals surface area contributed by atoms with Crippen LogP contribution in [0.3, 0.4) is 0 Å². The summed E-state index contributed by atoms with van der Waals surface area (Å²) in [6, 6.07) is 0. The van der Waals surface area contributed by atoms with Crippen LogP contribution in [0.2, 0.25) is 0 Å². The van der Waals surface area contributed by atoms with E-state index in [0.29, 0.717) is 12.2 Å². The fourth-order valence-corrected chi connectivity index (χ4v) is 2.45. The first kappa shape index (κ1) is 11.2. The third-order valence-corrected chi connectivity index (χ3v) is 3.32. The van der Waals surface area contributed by atoms with Crippen molar-refractivity contribution in [2.45, 2.75) is 50.7 Å². The highest BCUT2D eigenvalue weighted by molar-refractivity contribution is 5.09. The molecule has 0 saturated carbocycles. The second-order valence-electron chi connectivity index (χ2n) is 4.54. The first-order valence-corrected chi connectivity index (χ1v) is 6.09. The van der Waals surface area contributed by atoms with E-state index in [4.69, 9.17) is 9.47 Å². The van der Waals surface area contributed by atoms with Crippen LogP contribution >= 0.6 is 0 Å². The van der Waals surface area contributed by atoms with Crippen LogP contribution in [0.1, 0.15) is 38.5 Å². The third kappa shape index (κ3) is 3.32. The fourth-order valence-electron chi connectivity index (χ4n) is 2.45. The monoisotopic (exact) mass is 209 g/mol. The Balaban J connectivity index is 1.73. The highest BCUT2D eigenvalue weighted by atomic mass is 16.5. The molecule has 0 spiro atoms. The molecule has 2 fully saturated rings. The number of hydrogen-bond acceptors (Lipinski definition) is 2. The Morgan fingerprint density at radius 2 is 1.60 bits per heavy atom. The van der Waals surface area contributed by atoms with Crippen LogP contribution in [0.25, 0.3) is 0 Å². The SMILES string of the molecule is C=C[C](CC1CCCO1)CC1CCCO1. The molecule has 0 bridgehead atoms. The highest BCUT2D eigenvalue weighted by Gasteiger charge is 2.24. The van der Waals surface area contributed by atoms with Crippen molar-refractivity contribution in [1.29, 1.82) is 0 Å². The van der Waals surface area contributed by atoms with Crippen LogP contribution in [0.4, 0.5) is 0 Å². The molecule has 2 heterocycles. The lowest BCUT2D eigenvalue weighted by atomic mass is 9.93. The topological polar surface area (TPSA) is 18.5 Å². The molecule has 85 valence electrons. The van der Waals surface area contributed by atoms with Gasteiger partial charge in [-0.05, 0) is 38.5 Å². The molecule has 2 saturated heterocycles. The van der Waals surface area contributed by atoms with Crippen LogP contribution in [-0.2, 0) is 9.47 Å². The average molecular weight is 209 g/mol. The van der Waals surface area contributed by atoms with Gasteiger partial charge in [0.25, 0.3) is 0 Å². The molecule has 0 aliphatic carbocycles. The largest absolute Gasteiger partial charge is 0.378 e. The van der Waals surface area contributed by atoms with Gasteiger partial charge in [-0.25, -0.2) is 0 Å². The first-order valence-electron chi connectivity index (χ1n) is 6.09. The number of allylic oxidation sites excluding steroid dienone is 1. The van der Waals surface area contributed by atoms with E-state index in [1.54, 1.807) is 0 Å². The Labute approximate surface area is 92.6 Å². The molecule has 2 unspecified atom stereocenters. The van der Waals surface area contributed by atoms with Gasteiger partial charge in [0.05, 0.1) is 12.2 Å². The molecule has 15 heavy (non-hydrogen) atoms. The lowest BCUT2D eigenvalue weighted by Crippen LogP contribution is -2.15. The Hall–Kier alpha value is -0.340. The van der Waals surface area contributed by atoms with Crippen LogP contribution in [0.5, 0.6) is 0 Å². The number of hydrogen-bond donors (Lipinski definition) is 0. The second-order valence-corrected chi connectivity index (χ2v) is 4.54. The van der Waals surface area contributed by atoms with Crippen molar-refractivity contribution in [2.75, 3.05) is 13.2 Å². The molecule has 2 rings (SSSR count). The van der Waals surface area contributed by atoms with Gasteiger partial charge in [0, 0.05) is 19.1 Å². The van der Waals surface area contributed by atoms with E-state index in [0.717, 1.165) is 26.1 Å². The van der Waals surface area contributed by atoms with Crippen LogP contribution in [-0.4, -0.2) is 25.4 Å². The van der Waals surface area contributed by atoms with Crippen molar-refractivity contribution in [3.8, 4) is 0 Å². The minimum Gasteiger partial charge on any atom is -0.378 e. The summed E-state index contributed by atoms with van der Waals surface area (Å²) in [6.45, 7) is 5.78. The molecule has 2 aliphatic rings. The third-order valence-electron chi connectivity index (χ3n) is 3.32. The summed E-state index contributed by atoms with van der Waals surface area (Å²) >= 11 is 0. The molecule has 0 aromatic carbocycles. The lowest BCUT2D eigenvalue weighted by Gasteiger charge is -2.19. The smallest absolute Gasteiger partial charge is 0.0584 e. The van der Waals surface area contributed by atoms with E-state index in [9.17, 15) is 0 Å². The molecule has 0 N–H and O–H groups in total. The van der Waals surface area contributed by atoms with Crippen molar-refractivity contribution in [3.05, 3.63) is 18.6 Å². The van der Waals surface area contributed by atoms with Gasteiger partial charge in [-0.3, -0.25) is 0 Å². The standard InChI is InChI=1S/C13H21O2/c1-2-11(9-12-5-3-7-14-12)10-13-6-4-8-15-13/h2,12-13H,1,3-10H2. The molecule has 2 aliphatic heterocycles. The highest BCUT2D eigenvalue weighted by Crippen LogP contribution is 2.28. The number of rotatable bonds is 5. The summed E-state index contributed by atoms with van der Waals surface area (Å²) in [7, 11) is 0. The molecule has 0 aromatic heterocycles. The van der Waals surface area contributed by atoms with Gasteiger partial charge in [-0.1, -0.05) is 6.08 Å². The predicted molar refractivity (Wildman–Crippen MR) is 60.6 cm³/mol. The minimum absolute atomic E-state index is 0.444. The lowest BCUT2D eigenvalue weighted by molar-refractivity contribution is 0.0913. The van der Waals surface area contributed by atoms with E-state index >= 15 is 0 Å². The molecule has 1 radical (unpaired) electrons. The summed E-state index contributed by atoms with van der Waals surface area (Å²) < 4.78 is 11.3. The van der Waals surface area contributed by atoms with E-state index in [1.165, 1.54) is 31.6 Å². The zero-order valence-electron chi connectivity index (χ0n) is 9.41. The Kier molecular flexibility index (Phi) is 4.21. The minimum atomic E-state index is 0.444. The van der Waals surface area contributed by atoms with Crippen molar-refractivity contribution >= 4 is 0 Å². The second kappa shape index (κ2) is 5.66. The van der Waals surface area contributed by atoms with Crippen LogP contribution in [0.15, 0.2) is 12.7 Å². The van der Waals surface area contributed by atoms with E-state index in [1.807, 2.05) is 6.08 Å². The van der Waals surface area contributed by atoms with Gasteiger partial charge >= 0.3 is 0 Å². The molecular formula is C13H21O2. The van der Waals surface area contributed by atoms with Crippen molar-refractivity contribution in [3.63, 3.8) is 0 Å². The molecule has 0 amide bonds. The van der Waals surface area contributed by atoms with Crippen molar-refractivity contribution in [1.82, 2.24) is 0 Å². The normalized spacial score (nSPS) is 31.3. The van der Waals surface area contributed by atoms with Crippen LogP contribution < -0.4 is 0 Å². The molecule has 2 atom stereocenters. The maximum absolute atomic E-state index is 5.64. The first-order chi connectivity index (χ1) is 7.38. The van der Waals surface area contributed by atoms with Gasteiger partial charge in [0.1, 0.15) is 0 Å². The maximum Gasteiger partial charge on any atom is 0.0584 e. The average Bonchev–Trinajstić information content (AvgIpc) is 2.89. The van der Waals surface area contributed by atoms with E-state index < -0.39 is 0 Å². The summed E-state index contributed by atoms with van der Waals surface area (Å²) in [4.78, 5) is 0. The zero-order chi connectivity index (χ0) is 10.5. The van der Waals surface area contributed by atoms with Gasteiger partial charge < -0.3 is 9.47 Å². The quantitative estimate of drug-likeness (QED) is 0.693. The van der Waals surface area contributed by atoms with Gasteiger partial charge in [-0.2, -0.15) is 0 Å². The van der Waals surface area contributed by atoms with Crippen molar-refractivity contribution < 1.29 is 9.47 Å². The summed E-state index contributed by atoms with van der Waals surface area (Å²) in [5.74, 6) is 1.41. The zero-order valence-corrected chi connectivity index (χ0v) is 9.41. The summed E-state index contributed by atoms with van der Waals surface area (Å²) in [6.07, 6.45) is 9.87. The van der Waals surface area contributed by atoms with Crippen molar-refractivity contribution in [2.24, 2.45) is 0 Å². The Morgan fingerprint density at radius 1 is 1.07 bits per heavy atom. The molecule has 0 aromatic rings. The molecule has 2 nitrogen and oxygen atoms in total. The van der Waals surface area contributed by atoms with E-state index in [-0.39, 0.29) is 0 Å². The summed E-state index contributed by atoms with van der Waals surface area (Å²) in [5, 5.41) is 0. The predicted octanol–water partition coefficient (Wildman–Crippen LogP) is 2.89. The Morgan fingerprint density at radius 3 is 1.93 bits per heavy atom. The molecular weight excluding hydrogens is 188 g/mol.